The average Bonchev–Trinajstić information content (AvgIpc) is 2.60. The molecule has 2 aromatic carbocycles. The lowest BCUT2D eigenvalue weighted by molar-refractivity contribution is 0.200. The molecule has 0 aliphatic heterocycles. The molecule has 0 spiro atoms. The number of methoxy groups -OCH3 is 2. The number of benzene rings is 2. The summed E-state index contributed by atoms with van der Waals surface area (Å²) in [5.74, 6) is 1.68. The summed E-state index contributed by atoms with van der Waals surface area (Å²) >= 11 is 0. The first kappa shape index (κ1) is 17.3. The number of rotatable bonds is 9. The van der Waals surface area contributed by atoms with Crippen LogP contribution in [0.1, 0.15) is 11.1 Å². The van der Waals surface area contributed by atoms with Crippen LogP contribution >= 0.6 is 0 Å². The van der Waals surface area contributed by atoms with Crippen molar-refractivity contribution >= 4 is 0 Å². The van der Waals surface area contributed by atoms with Crippen molar-refractivity contribution in [2.45, 2.75) is 19.1 Å². The van der Waals surface area contributed by atoms with Gasteiger partial charge in [-0.05, 0) is 48.2 Å². The summed E-state index contributed by atoms with van der Waals surface area (Å²) in [4.78, 5) is 0. The van der Waals surface area contributed by atoms with Gasteiger partial charge in [0.05, 0.1) is 20.3 Å². The fourth-order valence-corrected chi connectivity index (χ4v) is 2.30. The van der Waals surface area contributed by atoms with Gasteiger partial charge in [0.1, 0.15) is 11.5 Å². The van der Waals surface area contributed by atoms with Gasteiger partial charge in [-0.1, -0.05) is 24.3 Å². The normalized spacial score (nSPS) is 12.0. The standard InChI is InChI=1S/C19H24NO3/c1-22-18-7-3-5-15(11-18)9-10-17(21)14-20-13-16-6-4-8-19(12-16)23-2/h3-8,10-12,17,20-21H,9,13-14H2,1-2H3/t17-/m1/s1. The largest absolute Gasteiger partial charge is 0.497 e. The van der Waals surface area contributed by atoms with Gasteiger partial charge in [0.15, 0.2) is 0 Å². The first-order valence-corrected chi connectivity index (χ1v) is 7.69. The summed E-state index contributed by atoms with van der Waals surface area (Å²) in [6.07, 6.45) is 2.11. The molecule has 0 unspecified atom stereocenters. The molecule has 0 aromatic heterocycles. The van der Waals surface area contributed by atoms with Crippen LogP contribution in [0.2, 0.25) is 0 Å². The van der Waals surface area contributed by atoms with Crippen LogP contribution in [0.15, 0.2) is 48.5 Å². The van der Waals surface area contributed by atoms with Crippen LogP contribution in [-0.2, 0) is 13.0 Å². The minimum atomic E-state index is -0.494. The zero-order valence-electron chi connectivity index (χ0n) is 13.7. The van der Waals surface area contributed by atoms with Gasteiger partial charge in [-0.2, -0.15) is 0 Å². The topological polar surface area (TPSA) is 50.7 Å². The minimum Gasteiger partial charge on any atom is -0.497 e. The maximum Gasteiger partial charge on any atom is 0.119 e. The van der Waals surface area contributed by atoms with Crippen LogP contribution in [0.3, 0.4) is 0 Å². The molecule has 0 heterocycles. The van der Waals surface area contributed by atoms with Crippen molar-refractivity contribution in [2.75, 3.05) is 20.8 Å². The molecule has 4 nitrogen and oxygen atoms in total. The van der Waals surface area contributed by atoms with Crippen LogP contribution in [0.5, 0.6) is 11.5 Å². The maximum atomic E-state index is 10.0. The molecule has 2 aromatic rings. The van der Waals surface area contributed by atoms with E-state index in [0.29, 0.717) is 19.5 Å². The van der Waals surface area contributed by atoms with E-state index in [1.807, 2.05) is 55.0 Å². The summed E-state index contributed by atoms with van der Waals surface area (Å²) in [7, 11) is 3.31. The van der Waals surface area contributed by atoms with E-state index < -0.39 is 6.10 Å². The third-order valence-corrected chi connectivity index (χ3v) is 3.58. The second-order valence-corrected chi connectivity index (χ2v) is 5.34. The molecular formula is C19H24NO3. The molecule has 0 saturated carbocycles. The molecule has 0 saturated heterocycles. The fourth-order valence-electron chi connectivity index (χ4n) is 2.30. The molecule has 0 fully saturated rings. The summed E-state index contributed by atoms with van der Waals surface area (Å²) in [6.45, 7) is 1.21. The Bertz CT molecular complexity index is 601. The molecule has 0 aliphatic carbocycles. The van der Waals surface area contributed by atoms with Crippen molar-refractivity contribution in [3.63, 3.8) is 0 Å². The lowest BCUT2D eigenvalue weighted by Gasteiger charge is -2.12. The molecule has 0 amide bonds. The minimum absolute atomic E-state index is 0.494. The van der Waals surface area contributed by atoms with Gasteiger partial charge in [-0.15, -0.1) is 0 Å². The Labute approximate surface area is 138 Å². The molecule has 23 heavy (non-hydrogen) atoms. The molecule has 123 valence electrons. The Morgan fingerprint density at radius 2 is 1.61 bits per heavy atom. The van der Waals surface area contributed by atoms with Crippen molar-refractivity contribution in [3.05, 3.63) is 66.1 Å². The lowest BCUT2D eigenvalue weighted by atomic mass is 10.1. The average molecular weight is 314 g/mol. The molecule has 0 bridgehead atoms. The maximum absolute atomic E-state index is 10.0. The van der Waals surface area contributed by atoms with E-state index in [2.05, 4.69) is 5.32 Å². The van der Waals surface area contributed by atoms with Crippen LogP contribution in [0, 0.1) is 6.42 Å². The van der Waals surface area contributed by atoms with E-state index in [1.165, 1.54) is 0 Å². The Balaban J connectivity index is 1.71. The van der Waals surface area contributed by atoms with Gasteiger partial charge < -0.3 is 19.9 Å². The predicted octanol–water partition coefficient (Wildman–Crippen LogP) is 2.60. The molecule has 4 heteroatoms. The fraction of sp³-hybridized carbons (Fsp3) is 0.316. The highest BCUT2D eigenvalue weighted by Crippen LogP contribution is 2.14. The zero-order valence-corrected chi connectivity index (χ0v) is 13.7. The Kier molecular flexibility index (Phi) is 6.91. The Morgan fingerprint density at radius 3 is 2.26 bits per heavy atom. The van der Waals surface area contributed by atoms with Gasteiger partial charge in [-0.3, -0.25) is 0 Å². The first-order chi connectivity index (χ1) is 11.2. The molecule has 1 atom stereocenters. The van der Waals surface area contributed by atoms with E-state index in [0.717, 1.165) is 22.6 Å². The van der Waals surface area contributed by atoms with Crippen molar-refractivity contribution in [1.29, 1.82) is 0 Å². The SMILES string of the molecule is COc1cccc(C[CH][C@@H](O)CNCc2cccc(OC)c2)c1. The van der Waals surface area contributed by atoms with E-state index in [1.54, 1.807) is 14.2 Å². The number of nitrogens with one attached hydrogen (secondary N) is 1. The predicted molar refractivity (Wildman–Crippen MR) is 91.7 cm³/mol. The number of aliphatic hydroxyl groups is 1. The summed E-state index contributed by atoms with van der Waals surface area (Å²) < 4.78 is 10.4. The van der Waals surface area contributed by atoms with Crippen molar-refractivity contribution in [3.8, 4) is 11.5 Å². The van der Waals surface area contributed by atoms with E-state index in [-0.39, 0.29) is 0 Å². The van der Waals surface area contributed by atoms with E-state index in [4.69, 9.17) is 9.47 Å². The van der Waals surface area contributed by atoms with Gasteiger partial charge in [0.2, 0.25) is 0 Å². The number of ether oxygens (including phenoxy) is 2. The second kappa shape index (κ2) is 9.18. The van der Waals surface area contributed by atoms with Crippen LogP contribution in [0.25, 0.3) is 0 Å². The summed E-state index contributed by atoms with van der Waals surface area (Å²) in [5, 5.41) is 13.3. The van der Waals surface area contributed by atoms with Crippen LogP contribution < -0.4 is 14.8 Å². The molecular weight excluding hydrogens is 290 g/mol. The van der Waals surface area contributed by atoms with Crippen molar-refractivity contribution in [2.24, 2.45) is 0 Å². The summed E-state index contributed by atoms with van der Waals surface area (Å²) in [5.41, 5.74) is 2.25. The van der Waals surface area contributed by atoms with Crippen molar-refractivity contribution < 1.29 is 14.6 Å². The number of aliphatic hydroxyl groups excluding tert-OH is 1. The van der Waals surface area contributed by atoms with Gasteiger partial charge in [0.25, 0.3) is 0 Å². The summed E-state index contributed by atoms with van der Waals surface area (Å²) in [6, 6.07) is 15.8. The Hall–Kier alpha value is -2.04. The zero-order chi connectivity index (χ0) is 16.5. The van der Waals surface area contributed by atoms with E-state index in [9.17, 15) is 5.11 Å². The van der Waals surface area contributed by atoms with Crippen molar-refractivity contribution in [1.82, 2.24) is 5.32 Å². The third kappa shape index (κ3) is 5.93. The molecule has 2 N–H and O–H groups in total. The Morgan fingerprint density at radius 1 is 1.00 bits per heavy atom. The monoisotopic (exact) mass is 314 g/mol. The smallest absolute Gasteiger partial charge is 0.119 e. The molecule has 0 aliphatic rings. The highest BCUT2D eigenvalue weighted by atomic mass is 16.5. The molecule has 2 rings (SSSR count). The van der Waals surface area contributed by atoms with Crippen LogP contribution in [0.4, 0.5) is 0 Å². The third-order valence-electron chi connectivity index (χ3n) is 3.58. The quantitative estimate of drug-likeness (QED) is 0.747. The first-order valence-electron chi connectivity index (χ1n) is 7.69. The number of hydrogen-bond donors (Lipinski definition) is 2. The highest BCUT2D eigenvalue weighted by molar-refractivity contribution is 5.29. The van der Waals surface area contributed by atoms with Gasteiger partial charge in [-0.25, -0.2) is 0 Å². The van der Waals surface area contributed by atoms with E-state index >= 15 is 0 Å². The van der Waals surface area contributed by atoms with Crippen LogP contribution in [-0.4, -0.2) is 32.0 Å². The van der Waals surface area contributed by atoms with Gasteiger partial charge >= 0.3 is 0 Å². The second-order valence-electron chi connectivity index (χ2n) is 5.34. The lowest BCUT2D eigenvalue weighted by Crippen LogP contribution is -2.27. The highest BCUT2D eigenvalue weighted by Gasteiger charge is 2.06. The number of hydrogen-bond acceptors (Lipinski definition) is 4. The van der Waals surface area contributed by atoms with Gasteiger partial charge in [0, 0.05) is 13.1 Å². The molecule has 1 radical (unpaired) electrons.